The fourth-order valence-corrected chi connectivity index (χ4v) is 2.30. The van der Waals surface area contributed by atoms with Crippen LogP contribution in [0, 0.1) is 0 Å². The Bertz CT molecular complexity index is 157. The molecule has 0 spiro atoms. The second kappa shape index (κ2) is 6.86. The van der Waals surface area contributed by atoms with Gasteiger partial charge in [0.25, 0.3) is 0 Å². The lowest BCUT2D eigenvalue weighted by atomic mass is 10.5. The first-order valence-electron chi connectivity index (χ1n) is 3.79. The zero-order chi connectivity index (χ0) is 8.69. The van der Waals surface area contributed by atoms with Crippen molar-refractivity contribution in [2.45, 2.75) is 27.2 Å². The summed E-state index contributed by atoms with van der Waals surface area (Å²) in [6.45, 7) is 6.39. The van der Waals surface area contributed by atoms with Crippen LogP contribution < -0.4 is 0 Å². The molecule has 0 fully saturated rings. The Morgan fingerprint density at radius 3 is 2.45 bits per heavy atom. The molecule has 0 aliphatic carbocycles. The molecule has 0 N–H and O–H groups in total. The van der Waals surface area contributed by atoms with E-state index in [2.05, 4.69) is 39.2 Å². The first-order valence-corrected chi connectivity index (χ1v) is 5.83. The van der Waals surface area contributed by atoms with Crippen LogP contribution in [0.2, 0.25) is 0 Å². The van der Waals surface area contributed by atoms with Crippen LogP contribution in [0.15, 0.2) is 21.3 Å². The summed E-state index contributed by atoms with van der Waals surface area (Å²) in [6.07, 6.45) is 7.66. The lowest BCUT2D eigenvalue weighted by Gasteiger charge is -2.02. The molecular weight excluding hydrogens is 172 g/mol. The fraction of sp³-hybridized carbons (Fsp3) is 0.556. The molecular formula is C9H16S2. The fourth-order valence-electron chi connectivity index (χ4n) is 0.551. The Kier molecular flexibility index (Phi) is 6.98. The van der Waals surface area contributed by atoms with E-state index in [9.17, 15) is 0 Å². The molecule has 0 rings (SSSR count). The molecule has 0 atom stereocenters. The van der Waals surface area contributed by atoms with Crippen molar-refractivity contribution in [3.8, 4) is 0 Å². The molecule has 0 bridgehead atoms. The Labute approximate surface area is 78.5 Å². The molecule has 0 radical (unpaired) electrons. The molecule has 64 valence electrons. The average molecular weight is 188 g/mol. The number of allylic oxidation sites excluding steroid dienone is 3. The molecule has 0 aliphatic rings. The largest absolute Gasteiger partial charge is 0.123 e. The maximum atomic E-state index is 2.27. The lowest BCUT2D eigenvalue weighted by molar-refractivity contribution is 1.23. The summed E-state index contributed by atoms with van der Waals surface area (Å²) in [5, 5.41) is 0. The highest BCUT2D eigenvalue weighted by Crippen LogP contribution is 2.32. The van der Waals surface area contributed by atoms with Crippen LogP contribution in [0.3, 0.4) is 0 Å². The van der Waals surface area contributed by atoms with Crippen LogP contribution in [0.5, 0.6) is 0 Å². The summed E-state index contributed by atoms with van der Waals surface area (Å²) in [4.78, 5) is 1.37. The van der Waals surface area contributed by atoms with E-state index in [1.54, 1.807) is 0 Å². The smallest absolute Gasteiger partial charge is 0.0403 e. The van der Waals surface area contributed by atoms with E-state index < -0.39 is 0 Å². The molecule has 2 heteroatoms. The summed E-state index contributed by atoms with van der Waals surface area (Å²) in [7, 11) is 0. The van der Waals surface area contributed by atoms with Gasteiger partial charge in [-0.25, -0.2) is 0 Å². The van der Waals surface area contributed by atoms with Gasteiger partial charge in [0.2, 0.25) is 0 Å². The standard InChI is InChI=1S/C9H16S2/c1-5-7-9(10-4)11-8(3)6-2/h6-7H,5H2,1-4H3/b8-6-,9-7+. The highest BCUT2D eigenvalue weighted by Gasteiger charge is 1.95. The maximum Gasteiger partial charge on any atom is 0.0403 e. The number of hydrogen-bond acceptors (Lipinski definition) is 2. The molecule has 0 aromatic rings. The first kappa shape index (κ1) is 11.2. The SMILES string of the molecule is C/C=C(/C)S/C(=C/CC)SC. The van der Waals surface area contributed by atoms with Crippen molar-refractivity contribution in [2.75, 3.05) is 6.26 Å². The molecule has 0 saturated heterocycles. The van der Waals surface area contributed by atoms with E-state index in [-0.39, 0.29) is 0 Å². The Morgan fingerprint density at radius 1 is 1.45 bits per heavy atom. The van der Waals surface area contributed by atoms with E-state index in [0.29, 0.717) is 0 Å². The minimum absolute atomic E-state index is 1.13. The van der Waals surface area contributed by atoms with Crippen molar-refractivity contribution in [2.24, 2.45) is 0 Å². The maximum absolute atomic E-state index is 2.27. The van der Waals surface area contributed by atoms with Gasteiger partial charge in [-0.2, -0.15) is 0 Å². The van der Waals surface area contributed by atoms with Gasteiger partial charge < -0.3 is 0 Å². The van der Waals surface area contributed by atoms with Gasteiger partial charge in [-0.05, 0) is 31.4 Å². The molecule has 0 aliphatic heterocycles. The second-order valence-corrected chi connectivity index (χ2v) is 4.53. The van der Waals surface area contributed by atoms with Gasteiger partial charge >= 0.3 is 0 Å². The van der Waals surface area contributed by atoms with E-state index in [4.69, 9.17) is 0 Å². The highest BCUT2D eigenvalue weighted by atomic mass is 32.2. The van der Waals surface area contributed by atoms with E-state index in [1.807, 2.05) is 23.5 Å². The molecule has 0 nitrogen and oxygen atoms in total. The van der Waals surface area contributed by atoms with Crippen LogP contribution in [0.25, 0.3) is 0 Å². The molecule has 0 aromatic heterocycles. The zero-order valence-electron chi connectivity index (χ0n) is 7.68. The summed E-state index contributed by atoms with van der Waals surface area (Å²) in [5.74, 6) is 0. The summed E-state index contributed by atoms with van der Waals surface area (Å²) in [6, 6.07) is 0. The normalized spacial score (nSPS) is 13.8. The Hall–Kier alpha value is 0.180. The van der Waals surface area contributed by atoms with Crippen molar-refractivity contribution < 1.29 is 0 Å². The number of thioether (sulfide) groups is 2. The quantitative estimate of drug-likeness (QED) is 0.646. The van der Waals surface area contributed by atoms with E-state index in [0.717, 1.165) is 6.42 Å². The third-order valence-corrected chi connectivity index (χ3v) is 3.48. The number of hydrogen-bond donors (Lipinski definition) is 0. The van der Waals surface area contributed by atoms with Crippen LogP contribution in [-0.4, -0.2) is 6.26 Å². The van der Waals surface area contributed by atoms with Crippen LogP contribution >= 0.6 is 23.5 Å². The second-order valence-electron chi connectivity index (χ2n) is 2.14. The molecule has 0 aromatic carbocycles. The van der Waals surface area contributed by atoms with Crippen LogP contribution in [0.4, 0.5) is 0 Å². The molecule has 0 unspecified atom stereocenters. The molecule has 0 amide bonds. The summed E-state index contributed by atoms with van der Waals surface area (Å²) < 4.78 is 1.41. The molecule has 0 saturated carbocycles. The minimum Gasteiger partial charge on any atom is -0.123 e. The Balaban J connectivity index is 3.98. The van der Waals surface area contributed by atoms with Crippen LogP contribution in [-0.2, 0) is 0 Å². The predicted octanol–water partition coefficient (Wildman–Crippen LogP) is 4.26. The number of rotatable bonds is 4. The summed E-state index contributed by atoms with van der Waals surface area (Å²) in [5.41, 5.74) is 0. The van der Waals surface area contributed by atoms with Crippen molar-refractivity contribution in [3.63, 3.8) is 0 Å². The monoisotopic (exact) mass is 188 g/mol. The van der Waals surface area contributed by atoms with Gasteiger partial charge in [-0.1, -0.05) is 30.8 Å². The van der Waals surface area contributed by atoms with Gasteiger partial charge in [0, 0.05) is 4.24 Å². The van der Waals surface area contributed by atoms with Gasteiger partial charge in [0.15, 0.2) is 0 Å². The molecule has 0 heterocycles. The summed E-state index contributed by atoms with van der Waals surface area (Å²) >= 11 is 3.68. The van der Waals surface area contributed by atoms with Gasteiger partial charge in [-0.15, -0.1) is 11.8 Å². The van der Waals surface area contributed by atoms with E-state index >= 15 is 0 Å². The minimum atomic E-state index is 1.13. The van der Waals surface area contributed by atoms with E-state index in [1.165, 1.54) is 9.14 Å². The van der Waals surface area contributed by atoms with Gasteiger partial charge in [0.1, 0.15) is 0 Å². The molecule has 11 heavy (non-hydrogen) atoms. The van der Waals surface area contributed by atoms with Crippen molar-refractivity contribution in [1.29, 1.82) is 0 Å². The lowest BCUT2D eigenvalue weighted by Crippen LogP contribution is -1.70. The van der Waals surface area contributed by atoms with Crippen molar-refractivity contribution in [3.05, 3.63) is 21.3 Å². The van der Waals surface area contributed by atoms with Crippen LogP contribution in [0.1, 0.15) is 27.2 Å². The average Bonchev–Trinajstić information content (AvgIpc) is 2.03. The van der Waals surface area contributed by atoms with Crippen molar-refractivity contribution in [1.82, 2.24) is 0 Å². The highest BCUT2D eigenvalue weighted by molar-refractivity contribution is 8.23. The topological polar surface area (TPSA) is 0 Å². The Morgan fingerprint density at radius 2 is 2.09 bits per heavy atom. The zero-order valence-corrected chi connectivity index (χ0v) is 9.31. The predicted molar refractivity (Wildman–Crippen MR) is 58.9 cm³/mol. The van der Waals surface area contributed by atoms with Gasteiger partial charge in [-0.3, -0.25) is 0 Å². The third kappa shape index (κ3) is 5.45. The van der Waals surface area contributed by atoms with Gasteiger partial charge in [0.05, 0.1) is 0 Å². The third-order valence-electron chi connectivity index (χ3n) is 1.24. The van der Waals surface area contributed by atoms with Crippen molar-refractivity contribution >= 4 is 23.5 Å². The first-order chi connectivity index (χ1) is 5.24.